The van der Waals surface area contributed by atoms with Crippen LogP contribution in [-0.2, 0) is 17.8 Å². The number of aromatic hydroxyl groups is 1. The van der Waals surface area contributed by atoms with Crippen LogP contribution in [0.2, 0.25) is 0 Å². The average Bonchev–Trinajstić information content (AvgIpc) is 3.58. The van der Waals surface area contributed by atoms with E-state index in [-0.39, 0.29) is 29.4 Å². The van der Waals surface area contributed by atoms with E-state index < -0.39 is 12.0 Å². The monoisotopic (exact) mass is 590 g/mol. The average molecular weight is 591 g/mol. The molecule has 0 bridgehead atoms. The number of rotatable bonds is 11. The third kappa shape index (κ3) is 7.29. The number of halogens is 1. The van der Waals surface area contributed by atoms with Crippen molar-refractivity contribution < 1.29 is 19.4 Å². The molecule has 1 saturated carbocycles. The van der Waals surface area contributed by atoms with Gasteiger partial charge in [-0.25, -0.2) is 4.39 Å². The smallest absolute Gasteiger partial charge is 0.321 e. The quantitative estimate of drug-likeness (QED) is 0.280. The van der Waals surface area contributed by atoms with Gasteiger partial charge >= 0.3 is 5.97 Å². The molecule has 8 heteroatoms. The number of likely N-dealkylation sites (tertiary alicyclic amines) is 1. The molecule has 2 aliphatic rings. The molecule has 4 atom stereocenters. The molecule has 0 spiro atoms. The van der Waals surface area contributed by atoms with Crippen LogP contribution < -0.4 is 0 Å². The number of carbonyl (C=O) groups is 1. The van der Waals surface area contributed by atoms with Crippen molar-refractivity contribution in [3.8, 4) is 5.75 Å². The highest BCUT2D eigenvalue weighted by Gasteiger charge is 2.42. The molecule has 3 aromatic rings. The van der Waals surface area contributed by atoms with E-state index in [9.17, 15) is 19.4 Å². The van der Waals surface area contributed by atoms with Gasteiger partial charge in [0.25, 0.3) is 0 Å². The van der Waals surface area contributed by atoms with E-state index in [0.29, 0.717) is 11.8 Å². The highest BCUT2D eigenvalue weighted by atomic mass is 19.1. The molecule has 7 nitrogen and oxygen atoms in total. The van der Waals surface area contributed by atoms with Gasteiger partial charge in [0.2, 0.25) is 0 Å². The molecular formula is C35H47FN4O3. The fourth-order valence-corrected chi connectivity index (χ4v) is 7.65. The van der Waals surface area contributed by atoms with E-state index in [0.717, 1.165) is 75.1 Å². The first-order valence-electron chi connectivity index (χ1n) is 15.9. The van der Waals surface area contributed by atoms with Crippen LogP contribution in [0, 0.1) is 17.7 Å². The maximum absolute atomic E-state index is 14.3. The number of aryl methyl sites for hydroxylation is 1. The molecule has 1 aliphatic heterocycles. The Labute approximate surface area is 255 Å². The Morgan fingerprint density at radius 3 is 2.44 bits per heavy atom. The number of hydrogen-bond donors (Lipinski definition) is 2. The Morgan fingerprint density at radius 2 is 1.81 bits per heavy atom. The number of piperidine rings is 1. The summed E-state index contributed by atoms with van der Waals surface area (Å²) in [6, 6.07) is 16.2. The van der Waals surface area contributed by atoms with Gasteiger partial charge in [0, 0.05) is 37.2 Å². The van der Waals surface area contributed by atoms with Crippen LogP contribution in [0.1, 0.15) is 80.8 Å². The van der Waals surface area contributed by atoms with Crippen LogP contribution in [0.4, 0.5) is 4.39 Å². The van der Waals surface area contributed by atoms with Crippen LogP contribution in [0.15, 0.2) is 54.6 Å². The lowest BCUT2D eigenvalue weighted by atomic mass is 9.87. The zero-order valence-corrected chi connectivity index (χ0v) is 26.0. The minimum Gasteiger partial charge on any atom is -0.508 e. The second-order valence-electron chi connectivity index (χ2n) is 13.0. The summed E-state index contributed by atoms with van der Waals surface area (Å²) in [6.07, 6.45) is 4.64. The van der Waals surface area contributed by atoms with Gasteiger partial charge in [0.15, 0.2) is 0 Å². The maximum Gasteiger partial charge on any atom is 0.321 e. The second kappa shape index (κ2) is 13.6. The van der Waals surface area contributed by atoms with E-state index in [1.165, 1.54) is 11.8 Å². The molecule has 1 saturated heterocycles. The molecule has 2 aromatic carbocycles. The number of benzene rings is 2. The largest absolute Gasteiger partial charge is 0.508 e. The molecule has 1 aromatic heterocycles. The fourth-order valence-electron chi connectivity index (χ4n) is 7.65. The number of phenols is 1. The predicted octanol–water partition coefficient (Wildman–Crippen LogP) is 6.12. The van der Waals surface area contributed by atoms with Crippen molar-refractivity contribution in [1.82, 2.24) is 19.6 Å². The number of nitrogens with zero attached hydrogens (tertiary/aromatic N) is 4. The van der Waals surface area contributed by atoms with Gasteiger partial charge in [-0.3, -0.25) is 14.4 Å². The van der Waals surface area contributed by atoms with Gasteiger partial charge in [0.1, 0.15) is 17.6 Å². The van der Waals surface area contributed by atoms with Crippen molar-refractivity contribution in [3.05, 3.63) is 82.9 Å². The van der Waals surface area contributed by atoms with Crippen molar-refractivity contribution in [1.29, 1.82) is 0 Å². The minimum absolute atomic E-state index is 0.00589. The van der Waals surface area contributed by atoms with Crippen LogP contribution in [0.25, 0.3) is 0 Å². The molecule has 2 N–H and O–H groups in total. The zero-order valence-electron chi connectivity index (χ0n) is 26.0. The summed E-state index contributed by atoms with van der Waals surface area (Å²) in [7, 11) is 1.95. The van der Waals surface area contributed by atoms with E-state index in [2.05, 4.69) is 27.5 Å². The molecule has 0 amide bonds. The molecule has 232 valence electrons. The van der Waals surface area contributed by atoms with Crippen molar-refractivity contribution in [3.63, 3.8) is 0 Å². The maximum atomic E-state index is 14.3. The SMILES string of the molecule is CCn1nc(Cc2ccc(O)cc2)cc1C1CCN(C[C@H]2C[C@H](N(C)[C@@H](C(=O)O)C(C)C)C[C@@H]2c2cccc(F)c2)CC1. The highest BCUT2D eigenvalue weighted by Crippen LogP contribution is 2.43. The Morgan fingerprint density at radius 1 is 1.09 bits per heavy atom. The zero-order chi connectivity index (χ0) is 30.7. The van der Waals surface area contributed by atoms with Crippen molar-refractivity contribution in [2.45, 2.75) is 83.3 Å². The summed E-state index contributed by atoms with van der Waals surface area (Å²) in [5.74, 6) is 0.293. The van der Waals surface area contributed by atoms with Crippen LogP contribution in [-0.4, -0.2) is 74.5 Å². The number of likely N-dealkylation sites (N-methyl/N-ethyl adjacent to an activating group) is 1. The third-order valence-electron chi connectivity index (χ3n) is 9.83. The molecule has 43 heavy (non-hydrogen) atoms. The molecule has 0 radical (unpaired) electrons. The van der Waals surface area contributed by atoms with Gasteiger partial charge in [-0.15, -0.1) is 0 Å². The Hall–Kier alpha value is -3.23. The van der Waals surface area contributed by atoms with Crippen LogP contribution in [0.5, 0.6) is 5.75 Å². The first-order valence-corrected chi connectivity index (χ1v) is 15.9. The van der Waals surface area contributed by atoms with Crippen LogP contribution in [0.3, 0.4) is 0 Å². The standard InChI is InChI=1S/C35H47FN4O3/c1-5-40-33(20-29(37-40)17-24-9-11-31(41)12-10-24)25-13-15-39(16-14-25)22-27-19-30(38(4)34(23(2)3)35(42)43)21-32(27)26-7-6-8-28(36)18-26/h6-12,18,20,23,25,27,30,32,34,41H,5,13-17,19,21-22H2,1-4H3,(H,42,43)/t27-,30+,32-,34-/m1/s1. The lowest BCUT2D eigenvalue weighted by Gasteiger charge is -2.35. The highest BCUT2D eigenvalue weighted by molar-refractivity contribution is 5.73. The van der Waals surface area contributed by atoms with Gasteiger partial charge in [0.05, 0.1) is 5.69 Å². The van der Waals surface area contributed by atoms with Crippen molar-refractivity contribution in [2.75, 3.05) is 26.7 Å². The fraction of sp³-hybridized carbons (Fsp3) is 0.543. The van der Waals surface area contributed by atoms with E-state index in [1.54, 1.807) is 24.3 Å². The topological polar surface area (TPSA) is 81.8 Å². The third-order valence-corrected chi connectivity index (χ3v) is 9.83. The molecule has 0 unspecified atom stereocenters. The van der Waals surface area contributed by atoms with Crippen LogP contribution >= 0.6 is 0 Å². The summed E-state index contributed by atoms with van der Waals surface area (Å²) in [6.45, 7) is 9.87. The second-order valence-corrected chi connectivity index (χ2v) is 13.0. The Balaban J connectivity index is 1.26. The number of aliphatic carboxylic acids is 1. The number of aromatic nitrogens is 2. The summed E-state index contributed by atoms with van der Waals surface area (Å²) in [5.41, 5.74) is 4.53. The van der Waals surface area contributed by atoms with E-state index in [4.69, 9.17) is 5.10 Å². The lowest BCUT2D eigenvalue weighted by molar-refractivity contribution is -0.145. The molecule has 2 fully saturated rings. The molecular weight excluding hydrogens is 543 g/mol. The van der Waals surface area contributed by atoms with Crippen molar-refractivity contribution >= 4 is 5.97 Å². The van der Waals surface area contributed by atoms with E-state index >= 15 is 0 Å². The number of hydrogen-bond acceptors (Lipinski definition) is 5. The Kier molecular flexibility index (Phi) is 9.87. The van der Waals surface area contributed by atoms with Gasteiger partial charge in [-0.2, -0.15) is 5.10 Å². The van der Waals surface area contributed by atoms with Gasteiger partial charge in [-0.1, -0.05) is 38.1 Å². The van der Waals surface area contributed by atoms with Gasteiger partial charge < -0.3 is 15.1 Å². The Bertz CT molecular complexity index is 1370. The molecule has 1 aliphatic carbocycles. The summed E-state index contributed by atoms with van der Waals surface area (Å²) in [5, 5.41) is 24.5. The number of phenolic OH excluding ortho intramolecular Hbond substituents is 1. The lowest BCUT2D eigenvalue weighted by Crippen LogP contribution is -2.47. The number of carboxylic acids is 1. The van der Waals surface area contributed by atoms with Crippen molar-refractivity contribution in [2.24, 2.45) is 11.8 Å². The minimum atomic E-state index is -0.775. The summed E-state index contributed by atoms with van der Waals surface area (Å²) >= 11 is 0. The van der Waals surface area contributed by atoms with E-state index in [1.807, 2.05) is 39.1 Å². The number of carboxylic acid groups (broad SMARTS) is 1. The van der Waals surface area contributed by atoms with Gasteiger partial charge in [-0.05, 0) is 112 Å². The predicted molar refractivity (Wildman–Crippen MR) is 167 cm³/mol. The summed E-state index contributed by atoms with van der Waals surface area (Å²) in [4.78, 5) is 16.7. The summed E-state index contributed by atoms with van der Waals surface area (Å²) < 4.78 is 16.4. The molecule has 2 heterocycles. The molecule has 5 rings (SSSR count). The first-order chi connectivity index (χ1) is 20.6. The normalized spacial score (nSPS) is 22.4. The first kappa shape index (κ1) is 31.2.